The van der Waals surface area contributed by atoms with Crippen LogP contribution in [-0.4, -0.2) is 31.5 Å². The van der Waals surface area contributed by atoms with E-state index in [1.807, 2.05) is 60.7 Å². The zero-order chi connectivity index (χ0) is 41.3. The summed E-state index contributed by atoms with van der Waals surface area (Å²) in [5.74, 6) is 2.48. The maximum absolute atomic E-state index is 6.12. The van der Waals surface area contributed by atoms with Crippen molar-refractivity contribution in [3.63, 3.8) is 0 Å². The van der Waals surface area contributed by atoms with E-state index in [0.29, 0.717) is 29.6 Å². The number of unbranched alkanes of at least 4 members (excludes halogenated alkanes) is 3. The van der Waals surface area contributed by atoms with Gasteiger partial charge in [-0.2, -0.15) is 15.0 Å². The van der Waals surface area contributed by atoms with Gasteiger partial charge >= 0.3 is 0 Å². The van der Waals surface area contributed by atoms with Gasteiger partial charge in [-0.3, -0.25) is 0 Å². The van der Waals surface area contributed by atoms with Crippen LogP contribution in [0.15, 0.2) is 93.8 Å². The third-order valence-corrected chi connectivity index (χ3v) is 11.0. The molecule has 0 fully saturated rings. The minimum absolute atomic E-state index is 0.0754. The third kappa shape index (κ3) is 10.2. The van der Waals surface area contributed by atoms with Crippen LogP contribution in [0.4, 0.5) is 29.2 Å². The lowest BCUT2D eigenvalue weighted by Crippen LogP contribution is -2.14. The van der Waals surface area contributed by atoms with Crippen molar-refractivity contribution in [2.24, 2.45) is 0 Å². The van der Waals surface area contributed by atoms with Crippen molar-refractivity contribution in [1.29, 1.82) is 0 Å². The fourth-order valence-electron chi connectivity index (χ4n) is 6.30. The lowest BCUT2D eigenvalue weighted by atomic mass is 9.82. The molecule has 0 unspecified atom stereocenters. The lowest BCUT2D eigenvalue weighted by Gasteiger charge is -2.22. The Hall–Kier alpha value is -5.77. The Bertz CT molecular complexity index is 2230. The summed E-state index contributed by atoms with van der Waals surface area (Å²) in [6, 6.07) is 28.4. The molecule has 0 aliphatic rings. The molecule has 0 aliphatic carbocycles. The van der Waals surface area contributed by atoms with E-state index in [1.165, 1.54) is 30.4 Å². The maximum atomic E-state index is 6.12. The molecule has 0 amide bonds. The van der Waals surface area contributed by atoms with Crippen molar-refractivity contribution in [3.8, 4) is 22.9 Å². The van der Waals surface area contributed by atoms with Crippen molar-refractivity contribution in [1.82, 2.24) is 24.9 Å². The highest BCUT2D eigenvalue weighted by molar-refractivity contribution is 5.79. The Labute approximate surface area is 343 Å². The van der Waals surface area contributed by atoms with Gasteiger partial charge in [-0.15, -0.1) is 0 Å². The molecule has 0 saturated heterocycles. The lowest BCUT2D eigenvalue weighted by molar-refractivity contribution is 0.506. The molecule has 0 bridgehead atoms. The van der Waals surface area contributed by atoms with E-state index in [-0.39, 0.29) is 10.8 Å². The number of benzene rings is 4. The predicted molar refractivity (Wildman–Crippen MR) is 241 cm³/mol. The van der Waals surface area contributed by atoms with E-state index in [9.17, 15) is 0 Å². The van der Waals surface area contributed by atoms with Crippen LogP contribution in [0.1, 0.15) is 118 Å². The minimum Gasteiger partial charge on any atom is -0.436 e. The van der Waals surface area contributed by atoms with E-state index in [2.05, 4.69) is 112 Å². The fraction of sp³-hybridized carbons (Fsp3) is 0.396. The first-order chi connectivity index (χ1) is 27.9. The fourth-order valence-corrected chi connectivity index (χ4v) is 6.30. The van der Waals surface area contributed by atoms with E-state index in [1.54, 1.807) is 0 Å². The summed E-state index contributed by atoms with van der Waals surface area (Å²) in [6.45, 7) is 20.7. The minimum atomic E-state index is 0.0754. The Morgan fingerprint density at radius 1 is 0.483 bits per heavy atom. The maximum Gasteiger partial charge on any atom is 0.233 e. The smallest absolute Gasteiger partial charge is 0.233 e. The van der Waals surface area contributed by atoms with Gasteiger partial charge in [0.1, 0.15) is 11.0 Å². The number of aromatic nitrogens is 5. The quantitative estimate of drug-likeness (QED) is 0.0816. The van der Waals surface area contributed by atoms with Gasteiger partial charge in [-0.05, 0) is 114 Å². The normalized spacial score (nSPS) is 11.7. The number of rotatable bonds is 16. The van der Waals surface area contributed by atoms with E-state index in [4.69, 9.17) is 23.8 Å². The molecular formula is C48H60N8O2. The zero-order valence-electron chi connectivity index (χ0n) is 35.8. The monoisotopic (exact) mass is 780 g/mol. The van der Waals surface area contributed by atoms with Crippen LogP contribution in [0.5, 0.6) is 0 Å². The summed E-state index contributed by atoms with van der Waals surface area (Å²) in [5, 5.41) is 10.0. The molecule has 10 heteroatoms. The van der Waals surface area contributed by atoms with Crippen molar-refractivity contribution in [3.05, 3.63) is 96.1 Å². The van der Waals surface area contributed by atoms with Crippen LogP contribution in [0, 0.1) is 0 Å². The number of fused-ring (bicyclic) bond motifs is 2. The van der Waals surface area contributed by atoms with Crippen molar-refractivity contribution in [2.45, 2.75) is 118 Å². The molecule has 10 nitrogen and oxygen atoms in total. The van der Waals surface area contributed by atoms with Crippen molar-refractivity contribution in [2.75, 3.05) is 22.5 Å². The Morgan fingerprint density at radius 2 is 0.897 bits per heavy atom. The van der Waals surface area contributed by atoms with E-state index < -0.39 is 0 Å². The first-order valence-electron chi connectivity index (χ1n) is 21.0. The molecule has 0 spiro atoms. The van der Waals surface area contributed by atoms with Gasteiger partial charge in [-0.1, -0.05) is 100 Å². The number of oxazole rings is 2. The average Bonchev–Trinajstić information content (AvgIpc) is 3.86. The topological polar surface area (TPSA) is 127 Å². The van der Waals surface area contributed by atoms with Gasteiger partial charge in [0.25, 0.3) is 0 Å². The summed E-state index contributed by atoms with van der Waals surface area (Å²) in [7, 11) is 0. The SMILES string of the molecule is CCCCC.CCCCNc1nc(Nc2ccc(-c3nc4cc(C(C)(C)CC)ccc4o3)cc2)nc(Nc2ccc(-c3nc4cc(C(C)(C)CC)ccc4o3)cc2)n1. The largest absolute Gasteiger partial charge is 0.436 e. The van der Waals surface area contributed by atoms with Gasteiger partial charge in [-0.25, -0.2) is 9.97 Å². The first-order valence-corrected chi connectivity index (χ1v) is 21.0. The molecule has 3 aromatic heterocycles. The number of hydrogen-bond acceptors (Lipinski definition) is 10. The van der Waals surface area contributed by atoms with Crippen LogP contribution >= 0.6 is 0 Å². The van der Waals surface area contributed by atoms with Gasteiger partial charge < -0.3 is 24.8 Å². The number of nitrogens with zero attached hydrogens (tertiary/aromatic N) is 5. The number of hydrogen-bond donors (Lipinski definition) is 3. The number of anilines is 5. The van der Waals surface area contributed by atoms with Crippen molar-refractivity contribution < 1.29 is 8.83 Å². The standard InChI is InChI=1S/C43H48N8O2.C5H12/c1-8-11-24-44-39-49-40(45-31-18-12-27(13-19-31)37-47-33-25-29(42(4,5)9-2)16-22-35(33)52-37)51-41(50-39)46-32-20-14-28(15-21-32)38-48-34-26-30(43(6,7)10-3)17-23-36(34)53-38;1-3-5-4-2/h12-23,25-26H,8-11,24H2,1-7H3,(H3,44,45,46,49,50,51);3-5H2,1-2H3. The Kier molecular flexibility index (Phi) is 13.5. The molecule has 3 N–H and O–H groups in total. The predicted octanol–water partition coefficient (Wildman–Crippen LogP) is 13.8. The second-order valence-electron chi connectivity index (χ2n) is 16.2. The molecule has 0 atom stereocenters. The van der Waals surface area contributed by atoms with E-state index in [0.717, 1.165) is 76.9 Å². The molecule has 58 heavy (non-hydrogen) atoms. The molecular weight excluding hydrogens is 721 g/mol. The van der Waals surface area contributed by atoms with Crippen LogP contribution in [0.25, 0.3) is 45.1 Å². The van der Waals surface area contributed by atoms with Crippen LogP contribution in [0.2, 0.25) is 0 Å². The summed E-state index contributed by atoms with van der Waals surface area (Å²) in [5.41, 5.74) is 9.34. The first kappa shape index (κ1) is 41.9. The highest BCUT2D eigenvalue weighted by Gasteiger charge is 2.21. The highest BCUT2D eigenvalue weighted by atomic mass is 16.4. The molecule has 4 aromatic carbocycles. The number of nitrogens with one attached hydrogen (secondary N) is 3. The highest BCUT2D eigenvalue weighted by Crippen LogP contribution is 2.34. The van der Waals surface area contributed by atoms with Crippen molar-refractivity contribution >= 4 is 51.4 Å². The molecule has 0 aliphatic heterocycles. The van der Waals surface area contributed by atoms with Gasteiger partial charge in [0.05, 0.1) is 0 Å². The van der Waals surface area contributed by atoms with E-state index >= 15 is 0 Å². The summed E-state index contributed by atoms with van der Waals surface area (Å²) < 4.78 is 12.2. The van der Waals surface area contributed by atoms with Crippen LogP contribution in [0.3, 0.4) is 0 Å². The molecule has 7 aromatic rings. The zero-order valence-corrected chi connectivity index (χ0v) is 35.8. The summed E-state index contributed by atoms with van der Waals surface area (Å²) >= 11 is 0. The van der Waals surface area contributed by atoms with Crippen LogP contribution < -0.4 is 16.0 Å². The van der Waals surface area contributed by atoms with Gasteiger partial charge in [0.15, 0.2) is 11.2 Å². The molecule has 0 radical (unpaired) electrons. The summed E-state index contributed by atoms with van der Waals surface area (Å²) in [6.07, 6.45) is 8.22. The molecule has 0 saturated carbocycles. The van der Waals surface area contributed by atoms with Gasteiger partial charge in [0, 0.05) is 29.0 Å². The second-order valence-corrected chi connectivity index (χ2v) is 16.2. The third-order valence-electron chi connectivity index (χ3n) is 11.0. The molecule has 7 rings (SSSR count). The average molecular weight is 781 g/mol. The molecule has 304 valence electrons. The summed E-state index contributed by atoms with van der Waals surface area (Å²) in [4.78, 5) is 23.6. The van der Waals surface area contributed by atoms with Gasteiger partial charge in [0.2, 0.25) is 29.6 Å². The Balaban J connectivity index is 0.00000107. The Morgan fingerprint density at radius 3 is 1.28 bits per heavy atom. The molecule has 3 heterocycles. The second kappa shape index (κ2) is 18.7. The van der Waals surface area contributed by atoms with Crippen LogP contribution in [-0.2, 0) is 10.8 Å².